The highest BCUT2D eigenvalue weighted by molar-refractivity contribution is 6.02. The number of benzene rings is 2. The maximum absolute atomic E-state index is 13.2. The van der Waals surface area contributed by atoms with Crippen LogP contribution in [0.4, 0.5) is 5.69 Å². The minimum Gasteiger partial charge on any atom is -0.489 e. The molecule has 1 fully saturated rings. The molecule has 3 aromatic rings. The zero-order valence-corrected chi connectivity index (χ0v) is 19.4. The molecule has 2 aliphatic rings. The third-order valence-corrected chi connectivity index (χ3v) is 5.98. The van der Waals surface area contributed by atoms with Crippen LogP contribution in [0.25, 0.3) is 5.69 Å². The Bertz CT molecular complexity index is 1430. The summed E-state index contributed by atoms with van der Waals surface area (Å²) in [6.07, 6.45) is 2.26. The van der Waals surface area contributed by atoms with E-state index in [9.17, 15) is 14.4 Å². The predicted molar refractivity (Wildman–Crippen MR) is 131 cm³/mol. The van der Waals surface area contributed by atoms with Crippen molar-refractivity contribution in [3.05, 3.63) is 81.8 Å². The molecule has 1 N–H and O–H groups in total. The molecule has 0 saturated heterocycles. The Labute approximate surface area is 202 Å². The molecule has 0 bridgehead atoms. The Morgan fingerprint density at radius 2 is 1.89 bits per heavy atom. The first-order valence-corrected chi connectivity index (χ1v) is 11.4. The van der Waals surface area contributed by atoms with Crippen molar-refractivity contribution in [2.24, 2.45) is 5.92 Å². The lowest BCUT2D eigenvalue weighted by Gasteiger charge is -2.20. The molecule has 5 rings (SSSR count). The standard InChI is InChI=1S/C27H24N4O4/c1-17-14-23(32)25(29-31(17)20-6-4-3-5-7-20)26(33)28-21-16-35-24-13-12-19(11-10-18-8-9-18)15-22(24)30(2)27(21)34/h3-7,12-15,18,21H,8-9,16H2,1-2H3,(H,28,33)/t21-/m0/s1. The summed E-state index contributed by atoms with van der Waals surface area (Å²) in [7, 11) is 1.62. The quantitative estimate of drug-likeness (QED) is 0.596. The summed E-state index contributed by atoms with van der Waals surface area (Å²) in [4.78, 5) is 40.2. The van der Waals surface area contributed by atoms with E-state index in [2.05, 4.69) is 22.3 Å². The Hall–Kier alpha value is -4.38. The van der Waals surface area contributed by atoms with Crippen LogP contribution in [0.1, 0.15) is 34.6 Å². The van der Waals surface area contributed by atoms with Crippen molar-refractivity contribution in [1.82, 2.24) is 15.1 Å². The Morgan fingerprint density at radius 1 is 1.11 bits per heavy atom. The van der Waals surface area contributed by atoms with Crippen LogP contribution in [0.3, 0.4) is 0 Å². The molecule has 1 aromatic heterocycles. The summed E-state index contributed by atoms with van der Waals surface area (Å²) in [6, 6.07) is 15.0. The lowest BCUT2D eigenvalue weighted by atomic mass is 10.1. The van der Waals surface area contributed by atoms with Gasteiger partial charge in [0.1, 0.15) is 18.4 Å². The maximum atomic E-state index is 13.2. The van der Waals surface area contributed by atoms with Gasteiger partial charge in [-0.2, -0.15) is 5.10 Å². The summed E-state index contributed by atoms with van der Waals surface area (Å²) in [5.41, 5.74) is 1.85. The van der Waals surface area contributed by atoms with E-state index < -0.39 is 17.4 Å². The van der Waals surface area contributed by atoms with Gasteiger partial charge >= 0.3 is 0 Å². The monoisotopic (exact) mass is 468 g/mol. The number of aryl methyl sites for hydroxylation is 1. The van der Waals surface area contributed by atoms with E-state index in [0.29, 0.717) is 28.7 Å². The van der Waals surface area contributed by atoms with E-state index in [-0.39, 0.29) is 18.2 Å². The fourth-order valence-electron chi connectivity index (χ4n) is 3.85. The van der Waals surface area contributed by atoms with Gasteiger partial charge in [0.25, 0.3) is 11.8 Å². The molecule has 1 atom stereocenters. The highest BCUT2D eigenvalue weighted by Crippen LogP contribution is 2.32. The van der Waals surface area contributed by atoms with Crippen LogP contribution >= 0.6 is 0 Å². The summed E-state index contributed by atoms with van der Waals surface area (Å²) < 4.78 is 7.37. The van der Waals surface area contributed by atoms with Crippen molar-refractivity contribution in [3.63, 3.8) is 0 Å². The number of fused-ring (bicyclic) bond motifs is 1. The van der Waals surface area contributed by atoms with Crippen molar-refractivity contribution in [3.8, 4) is 23.3 Å². The van der Waals surface area contributed by atoms with Crippen LogP contribution in [0.2, 0.25) is 0 Å². The fourth-order valence-corrected chi connectivity index (χ4v) is 3.85. The number of ether oxygens (including phenoxy) is 1. The smallest absolute Gasteiger partial charge is 0.276 e. The van der Waals surface area contributed by atoms with Gasteiger partial charge in [-0.15, -0.1) is 0 Å². The molecule has 1 aliphatic carbocycles. The second-order valence-electron chi connectivity index (χ2n) is 8.71. The van der Waals surface area contributed by atoms with Gasteiger partial charge in [0.15, 0.2) is 5.69 Å². The number of amides is 2. The van der Waals surface area contributed by atoms with E-state index in [1.165, 1.54) is 15.6 Å². The Morgan fingerprint density at radius 3 is 2.63 bits per heavy atom. The van der Waals surface area contributed by atoms with E-state index >= 15 is 0 Å². The lowest BCUT2D eigenvalue weighted by Crippen LogP contribution is -2.50. The largest absolute Gasteiger partial charge is 0.489 e. The number of nitrogens with one attached hydrogen (secondary N) is 1. The normalized spacial score (nSPS) is 16.9. The van der Waals surface area contributed by atoms with E-state index in [4.69, 9.17) is 4.74 Å². The van der Waals surface area contributed by atoms with Crippen molar-refractivity contribution in [1.29, 1.82) is 0 Å². The number of hydrogen-bond donors (Lipinski definition) is 1. The number of anilines is 1. The van der Waals surface area contributed by atoms with Gasteiger partial charge < -0.3 is 15.0 Å². The summed E-state index contributed by atoms with van der Waals surface area (Å²) in [6.45, 7) is 1.66. The first kappa shape index (κ1) is 22.4. The fraction of sp³-hybridized carbons (Fsp3) is 0.259. The van der Waals surface area contributed by atoms with Gasteiger partial charge in [0.05, 0.1) is 11.4 Å². The molecular weight excluding hydrogens is 444 g/mol. The highest BCUT2D eigenvalue weighted by Gasteiger charge is 2.32. The topological polar surface area (TPSA) is 93.5 Å². The van der Waals surface area contributed by atoms with Crippen molar-refractivity contribution >= 4 is 17.5 Å². The van der Waals surface area contributed by atoms with Crippen molar-refractivity contribution < 1.29 is 14.3 Å². The molecule has 8 nitrogen and oxygen atoms in total. The molecule has 1 saturated carbocycles. The van der Waals surface area contributed by atoms with Crippen molar-refractivity contribution in [2.45, 2.75) is 25.8 Å². The van der Waals surface area contributed by atoms with Crippen LogP contribution in [-0.4, -0.2) is 41.3 Å². The molecule has 2 heterocycles. The van der Waals surface area contributed by atoms with E-state index in [1.54, 1.807) is 20.0 Å². The van der Waals surface area contributed by atoms with Crippen LogP contribution in [0.15, 0.2) is 59.4 Å². The molecule has 0 radical (unpaired) electrons. The second kappa shape index (κ2) is 9.11. The number of nitrogens with zero attached hydrogens (tertiary/aromatic N) is 3. The first-order valence-electron chi connectivity index (χ1n) is 11.4. The predicted octanol–water partition coefficient (Wildman–Crippen LogP) is 2.46. The number of aromatic nitrogens is 2. The summed E-state index contributed by atoms with van der Waals surface area (Å²) in [5.74, 6) is 6.24. The van der Waals surface area contributed by atoms with Crippen LogP contribution in [0.5, 0.6) is 5.75 Å². The number of para-hydroxylation sites is 1. The molecule has 0 spiro atoms. The molecule has 2 aromatic carbocycles. The number of carbonyl (C=O) groups excluding carboxylic acids is 2. The summed E-state index contributed by atoms with van der Waals surface area (Å²) in [5, 5.41) is 6.91. The van der Waals surface area contributed by atoms with Gasteiger partial charge in [-0.1, -0.05) is 30.0 Å². The van der Waals surface area contributed by atoms with E-state index in [0.717, 1.165) is 18.4 Å². The Kier molecular flexibility index (Phi) is 5.83. The van der Waals surface area contributed by atoms with Crippen LogP contribution in [-0.2, 0) is 4.79 Å². The number of likely N-dealkylation sites (N-methyl/N-ethyl adjacent to an activating group) is 1. The van der Waals surface area contributed by atoms with Gasteiger partial charge in [0.2, 0.25) is 5.43 Å². The van der Waals surface area contributed by atoms with Crippen molar-refractivity contribution in [2.75, 3.05) is 18.6 Å². The third-order valence-electron chi connectivity index (χ3n) is 5.98. The third kappa shape index (κ3) is 4.66. The molecule has 8 heteroatoms. The number of carbonyl (C=O) groups is 2. The van der Waals surface area contributed by atoms with Gasteiger partial charge in [-0.3, -0.25) is 14.4 Å². The lowest BCUT2D eigenvalue weighted by molar-refractivity contribution is -0.120. The van der Waals surface area contributed by atoms with Gasteiger partial charge in [-0.25, -0.2) is 4.68 Å². The first-order chi connectivity index (χ1) is 16.9. The Balaban J connectivity index is 1.38. The van der Waals surface area contributed by atoms with Gasteiger partial charge in [-0.05, 0) is 50.1 Å². The maximum Gasteiger partial charge on any atom is 0.276 e. The zero-order chi connectivity index (χ0) is 24.5. The molecule has 1 aliphatic heterocycles. The molecular formula is C27H24N4O4. The highest BCUT2D eigenvalue weighted by atomic mass is 16.5. The minimum atomic E-state index is -0.992. The number of rotatable bonds is 3. The minimum absolute atomic E-state index is 0.0756. The van der Waals surface area contributed by atoms with Crippen LogP contribution in [0, 0.1) is 24.7 Å². The van der Waals surface area contributed by atoms with E-state index in [1.807, 2.05) is 42.5 Å². The molecule has 176 valence electrons. The van der Waals surface area contributed by atoms with Crippen LogP contribution < -0.4 is 20.4 Å². The second-order valence-corrected chi connectivity index (χ2v) is 8.71. The number of hydrogen-bond acceptors (Lipinski definition) is 5. The summed E-state index contributed by atoms with van der Waals surface area (Å²) >= 11 is 0. The SMILES string of the molecule is Cc1cc(=O)c(C(=O)N[C@H]2COc3ccc(C#CC4CC4)cc3N(C)C2=O)nn1-c1ccccc1. The molecule has 0 unspecified atom stereocenters. The molecule has 35 heavy (non-hydrogen) atoms. The van der Waals surface area contributed by atoms with Gasteiger partial charge in [0, 0.05) is 30.3 Å². The zero-order valence-electron chi connectivity index (χ0n) is 19.4. The molecule has 2 amide bonds. The average molecular weight is 469 g/mol. The average Bonchev–Trinajstić information content (AvgIpc) is 3.70.